The molecule has 10 heteroatoms. The van der Waals surface area contributed by atoms with E-state index in [1.165, 1.54) is 22.8 Å². The highest BCUT2D eigenvalue weighted by Crippen LogP contribution is 2.32. The van der Waals surface area contributed by atoms with Crippen LogP contribution in [0, 0.1) is 0 Å². The highest BCUT2D eigenvalue weighted by Gasteiger charge is 2.15. The molecule has 0 aliphatic carbocycles. The maximum Gasteiger partial charge on any atom is 0.286 e. The number of nitrogens with two attached hydrogens (primary N) is 1. The topological polar surface area (TPSA) is 97.4 Å². The van der Waals surface area contributed by atoms with Gasteiger partial charge in [0.2, 0.25) is 5.96 Å². The van der Waals surface area contributed by atoms with Crippen molar-refractivity contribution >= 4 is 50.5 Å². The number of halogens is 2. The molecule has 3 N–H and O–H groups in total. The highest BCUT2D eigenvalue weighted by molar-refractivity contribution is 7.90. The van der Waals surface area contributed by atoms with E-state index in [2.05, 4.69) is 14.7 Å². The van der Waals surface area contributed by atoms with Crippen LogP contribution in [0.25, 0.3) is 22.4 Å². The van der Waals surface area contributed by atoms with Gasteiger partial charge in [-0.3, -0.25) is 4.98 Å². The van der Waals surface area contributed by atoms with E-state index >= 15 is 0 Å². The first-order valence-electron chi connectivity index (χ1n) is 9.69. The Hall–Kier alpha value is -2.91. The molecule has 0 bridgehead atoms. The molecule has 0 saturated carbocycles. The Balaban J connectivity index is 1.63. The first kappa shape index (κ1) is 23.3. The van der Waals surface area contributed by atoms with Gasteiger partial charge in [0.15, 0.2) is 0 Å². The van der Waals surface area contributed by atoms with Crippen molar-refractivity contribution in [1.29, 1.82) is 0 Å². The Kier molecular flexibility index (Phi) is 6.99. The van der Waals surface area contributed by atoms with Crippen molar-refractivity contribution in [3.05, 3.63) is 93.2 Å². The summed E-state index contributed by atoms with van der Waals surface area (Å²) in [7, 11) is -3.85. The third-order valence-corrected chi connectivity index (χ3v) is 7.33. The van der Waals surface area contributed by atoms with Crippen LogP contribution in [0.15, 0.2) is 86.9 Å². The van der Waals surface area contributed by atoms with Crippen LogP contribution < -0.4 is 11.1 Å². The highest BCUT2D eigenvalue weighted by atomic mass is 35.5. The van der Waals surface area contributed by atoms with E-state index in [9.17, 15) is 8.42 Å². The average molecular weight is 517 g/mol. The number of aromatic nitrogens is 1. The van der Waals surface area contributed by atoms with Gasteiger partial charge in [-0.1, -0.05) is 47.5 Å². The molecule has 2 aromatic carbocycles. The number of sulfonamides is 1. The van der Waals surface area contributed by atoms with E-state index in [-0.39, 0.29) is 17.4 Å². The summed E-state index contributed by atoms with van der Waals surface area (Å²) in [4.78, 5) is 4.76. The van der Waals surface area contributed by atoms with E-state index in [0.717, 1.165) is 27.9 Å². The Morgan fingerprint density at radius 2 is 1.64 bits per heavy atom. The molecule has 0 unspecified atom stereocenters. The third-order valence-electron chi connectivity index (χ3n) is 4.70. The van der Waals surface area contributed by atoms with Gasteiger partial charge in [-0.05, 0) is 52.9 Å². The summed E-state index contributed by atoms with van der Waals surface area (Å²) in [6.07, 6.45) is 1.71. The van der Waals surface area contributed by atoms with Crippen molar-refractivity contribution < 1.29 is 8.42 Å². The SMILES string of the molecule is NC(=NS(=O)(=O)c1ccsc1)NCc1cnc(-c2ccc(Cl)cc2)c(-c2ccc(Cl)cc2)c1. The van der Waals surface area contributed by atoms with Gasteiger partial charge in [0.05, 0.1) is 5.69 Å². The summed E-state index contributed by atoms with van der Waals surface area (Å²) in [6, 6.07) is 18.3. The van der Waals surface area contributed by atoms with Crippen LogP contribution in [0.4, 0.5) is 0 Å². The largest absolute Gasteiger partial charge is 0.369 e. The van der Waals surface area contributed by atoms with Crippen LogP contribution in [0.5, 0.6) is 0 Å². The summed E-state index contributed by atoms with van der Waals surface area (Å²) >= 11 is 13.4. The number of thiophene rings is 1. The molecule has 168 valence electrons. The fraction of sp³-hybridized carbons (Fsp3) is 0.0435. The minimum absolute atomic E-state index is 0.108. The van der Waals surface area contributed by atoms with Crippen LogP contribution in [0.1, 0.15) is 5.56 Å². The number of guanidine groups is 1. The summed E-state index contributed by atoms with van der Waals surface area (Å²) in [5.74, 6) is -0.198. The number of hydrogen-bond acceptors (Lipinski definition) is 4. The minimum Gasteiger partial charge on any atom is -0.369 e. The van der Waals surface area contributed by atoms with Crippen LogP contribution in [-0.2, 0) is 16.6 Å². The van der Waals surface area contributed by atoms with Crippen molar-refractivity contribution in [1.82, 2.24) is 10.3 Å². The molecule has 0 radical (unpaired) electrons. The van der Waals surface area contributed by atoms with Gasteiger partial charge in [-0.25, -0.2) is 0 Å². The van der Waals surface area contributed by atoms with Crippen LogP contribution in [0.2, 0.25) is 10.0 Å². The Morgan fingerprint density at radius 1 is 1.00 bits per heavy atom. The van der Waals surface area contributed by atoms with E-state index in [4.69, 9.17) is 28.9 Å². The molecule has 4 aromatic rings. The van der Waals surface area contributed by atoms with Gasteiger partial charge in [0.1, 0.15) is 4.90 Å². The molecule has 0 saturated heterocycles. The van der Waals surface area contributed by atoms with Crippen molar-refractivity contribution in [3.63, 3.8) is 0 Å². The number of pyridine rings is 1. The summed E-state index contributed by atoms with van der Waals surface area (Å²) in [5.41, 5.74) is 10.1. The fourth-order valence-electron chi connectivity index (χ4n) is 3.10. The van der Waals surface area contributed by atoms with Crippen LogP contribution in [-0.4, -0.2) is 19.4 Å². The van der Waals surface area contributed by atoms with E-state index in [1.54, 1.807) is 11.6 Å². The van der Waals surface area contributed by atoms with Crippen LogP contribution in [0.3, 0.4) is 0 Å². The van der Waals surface area contributed by atoms with Crippen molar-refractivity contribution in [3.8, 4) is 22.4 Å². The minimum atomic E-state index is -3.85. The fourth-order valence-corrected chi connectivity index (χ4v) is 5.27. The quantitative estimate of drug-likeness (QED) is 0.257. The molecule has 6 nitrogen and oxygen atoms in total. The molecule has 0 aliphatic rings. The summed E-state index contributed by atoms with van der Waals surface area (Å²) in [5, 5.41) is 7.29. The Labute approximate surface area is 205 Å². The standard InChI is InChI=1S/C23H18Cl2N4O2S2/c24-18-5-1-16(2-6-18)21-11-15(12-27-22(21)17-3-7-19(25)8-4-17)13-28-23(26)29-33(30,31)20-9-10-32-14-20/h1-12,14H,13H2,(H3,26,28,29). The first-order chi connectivity index (χ1) is 15.8. The lowest BCUT2D eigenvalue weighted by molar-refractivity contribution is 0.598. The Bertz CT molecular complexity index is 1390. The smallest absolute Gasteiger partial charge is 0.286 e. The molecular formula is C23H18Cl2N4O2S2. The third kappa shape index (κ3) is 5.72. The number of nitrogens with zero attached hydrogens (tertiary/aromatic N) is 2. The van der Waals surface area contributed by atoms with Gasteiger partial charge in [0, 0.05) is 39.3 Å². The van der Waals surface area contributed by atoms with E-state index in [0.29, 0.717) is 10.0 Å². The first-order valence-corrected chi connectivity index (χ1v) is 12.8. The van der Waals surface area contributed by atoms with Gasteiger partial charge in [-0.15, -0.1) is 4.40 Å². The molecule has 4 rings (SSSR count). The molecule has 2 heterocycles. The van der Waals surface area contributed by atoms with Crippen molar-refractivity contribution in [2.24, 2.45) is 10.1 Å². The van der Waals surface area contributed by atoms with Gasteiger partial charge >= 0.3 is 0 Å². The average Bonchev–Trinajstić information content (AvgIpc) is 3.35. The number of nitrogens with one attached hydrogen (secondary N) is 1. The lowest BCUT2D eigenvalue weighted by atomic mass is 9.98. The summed E-state index contributed by atoms with van der Waals surface area (Å²) < 4.78 is 28.2. The molecule has 0 spiro atoms. The zero-order chi connectivity index (χ0) is 23.4. The second kappa shape index (κ2) is 9.93. The molecule has 2 aromatic heterocycles. The zero-order valence-electron chi connectivity index (χ0n) is 17.1. The Morgan fingerprint density at radius 3 is 2.24 bits per heavy atom. The molecule has 33 heavy (non-hydrogen) atoms. The molecule has 0 fully saturated rings. The lowest BCUT2D eigenvalue weighted by Gasteiger charge is -2.13. The van der Waals surface area contributed by atoms with Gasteiger partial charge in [-0.2, -0.15) is 19.8 Å². The zero-order valence-corrected chi connectivity index (χ0v) is 20.2. The summed E-state index contributed by atoms with van der Waals surface area (Å²) in [6.45, 7) is 0.239. The number of benzene rings is 2. The van der Waals surface area contributed by atoms with Crippen molar-refractivity contribution in [2.75, 3.05) is 0 Å². The maximum absolute atomic E-state index is 12.3. The monoisotopic (exact) mass is 516 g/mol. The number of rotatable bonds is 6. The predicted molar refractivity (Wildman–Crippen MR) is 135 cm³/mol. The van der Waals surface area contributed by atoms with Gasteiger partial charge < -0.3 is 11.1 Å². The predicted octanol–water partition coefficient (Wildman–Crippen LogP) is 5.58. The molecule has 0 aliphatic heterocycles. The van der Waals surface area contributed by atoms with Gasteiger partial charge in [0.25, 0.3) is 10.0 Å². The van der Waals surface area contributed by atoms with E-state index in [1.807, 2.05) is 54.6 Å². The maximum atomic E-state index is 12.3. The second-order valence-electron chi connectivity index (χ2n) is 7.02. The van der Waals surface area contributed by atoms with Crippen LogP contribution >= 0.6 is 34.5 Å². The molecule has 0 atom stereocenters. The van der Waals surface area contributed by atoms with Crippen molar-refractivity contribution in [2.45, 2.75) is 11.4 Å². The molecule has 0 amide bonds. The van der Waals surface area contributed by atoms with E-state index < -0.39 is 10.0 Å². The normalized spacial score (nSPS) is 12.0. The molecular weight excluding hydrogens is 499 g/mol. The number of hydrogen-bond donors (Lipinski definition) is 2. The lowest BCUT2D eigenvalue weighted by Crippen LogP contribution is -2.32. The second-order valence-corrected chi connectivity index (χ2v) is 10.3.